The molecule has 1 aliphatic heterocycles. The van der Waals surface area contributed by atoms with Gasteiger partial charge < -0.3 is 0 Å². The van der Waals surface area contributed by atoms with Gasteiger partial charge in [-0.2, -0.15) is 0 Å². The highest BCUT2D eigenvalue weighted by Crippen LogP contribution is 2.46. The second-order valence-corrected chi connectivity index (χ2v) is 7.23. The number of unbranched alkanes of at least 4 members (excludes halogenated alkanes) is 1. The van der Waals surface area contributed by atoms with Crippen molar-refractivity contribution < 1.29 is 4.84 Å². The number of rotatable bonds is 6. The number of hydroxylamine groups is 1. The highest BCUT2D eigenvalue weighted by atomic mass is 16.7. The summed E-state index contributed by atoms with van der Waals surface area (Å²) in [5.41, 5.74) is 4.81. The van der Waals surface area contributed by atoms with Gasteiger partial charge in [-0.1, -0.05) is 80.1 Å². The topological polar surface area (TPSA) is 24.8 Å². The summed E-state index contributed by atoms with van der Waals surface area (Å²) in [5.74, 6) is 0. The van der Waals surface area contributed by atoms with Gasteiger partial charge in [0, 0.05) is 5.56 Å². The van der Waals surface area contributed by atoms with Crippen LogP contribution in [0.1, 0.15) is 37.8 Å². The Labute approximate surface area is 167 Å². The van der Waals surface area contributed by atoms with Crippen LogP contribution in [0.2, 0.25) is 0 Å². The molecular formula is C25H26N2O. The molecule has 3 aromatic carbocycles. The zero-order valence-electron chi connectivity index (χ0n) is 16.5. The Morgan fingerprint density at radius 2 is 1.50 bits per heavy atom. The normalized spacial score (nSPS) is 19.8. The molecule has 3 nitrogen and oxygen atoms in total. The van der Waals surface area contributed by atoms with Crippen molar-refractivity contribution in [3.05, 3.63) is 96.1 Å². The van der Waals surface area contributed by atoms with E-state index in [-0.39, 0.29) is 0 Å². The molecule has 3 heteroatoms. The summed E-state index contributed by atoms with van der Waals surface area (Å²) in [5, 5.41) is 2.06. The Morgan fingerprint density at radius 3 is 2.21 bits per heavy atom. The van der Waals surface area contributed by atoms with Gasteiger partial charge in [0.15, 0.2) is 0 Å². The van der Waals surface area contributed by atoms with E-state index < -0.39 is 5.54 Å². The van der Waals surface area contributed by atoms with Gasteiger partial charge in [0.2, 0.25) is 0 Å². The standard InChI is InChI=1S/C25H26N2O/c1-3-4-19-28-27-23-18-12-11-17-22(23)24(26-21-15-9-6-10-16-21)25(27,2)20-13-7-5-8-14-20/h5-18H,3-4,19H2,1-2H3. The molecule has 0 aromatic heterocycles. The van der Waals surface area contributed by atoms with Crippen LogP contribution in [-0.2, 0) is 10.4 Å². The minimum atomic E-state index is -0.505. The van der Waals surface area contributed by atoms with Gasteiger partial charge in [-0.25, -0.2) is 10.1 Å². The first-order chi connectivity index (χ1) is 13.7. The highest BCUT2D eigenvalue weighted by Gasteiger charge is 2.48. The third kappa shape index (κ3) is 3.23. The molecule has 0 radical (unpaired) electrons. The molecule has 0 amide bonds. The van der Waals surface area contributed by atoms with E-state index in [0.717, 1.165) is 41.1 Å². The number of para-hydroxylation sites is 2. The minimum absolute atomic E-state index is 0.505. The van der Waals surface area contributed by atoms with Crippen LogP contribution >= 0.6 is 0 Å². The first kappa shape index (κ1) is 18.5. The summed E-state index contributed by atoms with van der Waals surface area (Å²) >= 11 is 0. The summed E-state index contributed by atoms with van der Waals surface area (Å²) in [7, 11) is 0. The number of fused-ring (bicyclic) bond motifs is 1. The van der Waals surface area contributed by atoms with Crippen LogP contribution in [-0.4, -0.2) is 12.3 Å². The van der Waals surface area contributed by atoms with E-state index in [2.05, 4.69) is 67.4 Å². The number of aliphatic imine (C=N–C) groups is 1. The van der Waals surface area contributed by atoms with Crippen LogP contribution in [0.15, 0.2) is 89.9 Å². The van der Waals surface area contributed by atoms with Gasteiger partial charge in [-0.05, 0) is 37.1 Å². The van der Waals surface area contributed by atoms with Crippen molar-refractivity contribution in [2.24, 2.45) is 4.99 Å². The lowest BCUT2D eigenvalue weighted by molar-refractivity contribution is 0.0759. The van der Waals surface area contributed by atoms with Crippen LogP contribution in [0.25, 0.3) is 0 Å². The number of benzene rings is 3. The number of nitrogens with zero attached hydrogens (tertiary/aromatic N) is 2. The SMILES string of the molecule is CCCCON1c2ccccc2C(=Nc2ccccc2)C1(C)c1ccccc1. The highest BCUT2D eigenvalue weighted by molar-refractivity contribution is 6.17. The van der Waals surface area contributed by atoms with E-state index in [9.17, 15) is 0 Å². The Balaban J connectivity index is 1.90. The van der Waals surface area contributed by atoms with Crippen molar-refractivity contribution in [3.63, 3.8) is 0 Å². The summed E-state index contributed by atoms with van der Waals surface area (Å²) in [6, 6.07) is 29.1. The van der Waals surface area contributed by atoms with Gasteiger partial charge >= 0.3 is 0 Å². The maximum absolute atomic E-state index is 6.36. The molecule has 0 saturated heterocycles. The molecule has 0 fully saturated rings. The van der Waals surface area contributed by atoms with Gasteiger partial charge in [-0.3, -0.25) is 4.84 Å². The summed E-state index contributed by atoms with van der Waals surface area (Å²) in [6.45, 7) is 5.07. The van der Waals surface area contributed by atoms with Crippen LogP contribution in [0.4, 0.5) is 11.4 Å². The lowest BCUT2D eigenvalue weighted by atomic mass is 9.86. The first-order valence-corrected chi connectivity index (χ1v) is 9.97. The fourth-order valence-electron chi connectivity index (χ4n) is 3.77. The fourth-order valence-corrected chi connectivity index (χ4v) is 3.77. The van der Waals surface area contributed by atoms with Crippen molar-refractivity contribution in [3.8, 4) is 0 Å². The van der Waals surface area contributed by atoms with Gasteiger partial charge in [0.05, 0.1) is 23.7 Å². The van der Waals surface area contributed by atoms with Crippen molar-refractivity contribution in [2.75, 3.05) is 11.7 Å². The fraction of sp³-hybridized carbons (Fsp3) is 0.240. The lowest BCUT2D eigenvalue weighted by Gasteiger charge is -2.36. The van der Waals surface area contributed by atoms with E-state index in [1.165, 1.54) is 0 Å². The molecule has 0 bridgehead atoms. The Hall–Kier alpha value is -2.91. The summed E-state index contributed by atoms with van der Waals surface area (Å²) in [4.78, 5) is 11.5. The van der Waals surface area contributed by atoms with Crippen LogP contribution in [0.5, 0.6) is 0 Å². The van der Waals surface area contributed by atoms with E-state index in [0.29, 0.717) is 6.61 Å². The van der Waals surface area contributed by atoms with Crippen molar-refractivity contribution >= 4 is 17.1 Å². The van der Waals surface area contributed by atoms with Crippen molar-refractivity contribution in [1.29, 1.82) is 0 Å². The van der Waals surface area contributed by atoms with E-state index in [1.54, 1.807) is 0 Å². The molecule has 28 heavy (non-hydrogen) atoms. The second kappa shape index (κ2) is 7.99. The average molecular weight is 370 g/mol. The number of anilines is 1. The molecule has 142 valence electrons. The number of hydrogen-bond donors (Lipinski definition) is 0. The molecule has 1 atom stereocenters. The minimum Gasteiger partial charge on any atom is -0.272 e. The zero-order chi connectivity index (χ0) is 19.4. The van der Waals surface area contributed by atoms with Crippen LogP contribution in [0, 0.1) is 0 Å². The van der Waals surface area contributed by atoms with E-state index in [1.807, 2.05) is 36.4 Å². The zero-order valence-corrected chi connectivity index (χ0v) is 16.5. The molecule has 1 heterocycles. The Kier molecular flexibility index (Phi) is 5.27. The van der Waals surface area contributed by atoms with Crippen molar-refractivity contribution in [1.82, 2.24) is 0 Å². The summed E-state index contributed by atoms with van der Waals surface area (Å²) in [6.07, 6.45) is 2.12. The first-order valence-electron chi connectivity index (χ1n) is 9.97. The van der Waals surface area contributed by atoms with Crippen LogP contribution in [0.3, 0.4) is 0 Å². The van der Waals surface area contributed by atoms with Gasteiger partial charge in [0.1, 0.15) is 5.54 Å². The smallest absolute Gasteiger partial charge is 0.132 e. The quantitative estimate of drug-likeness (QED) is 0.477. The van der Waals surface area contributed by atoms with E-state index >= 15 is 0 Å². The lowest BCUT2D eigenvalue weighted by Crippen LogP contribution is -2.45. The monoisotopic (exact) mass is 370 g/mol. The number of hydrogen-bond acceptors (Lipinski definition) is 3. The molecular weight excluding hydrogens is 344 g/mol. The predicted molar refractivity (Wildman–Crippen MR) is 116 cm³/mol. The van der Waals surface area contributed by atoms with Gasteiger partial charge in [-0.15, -0.1) is 0 Å². The van der Waals surface area contributed by atoms with Gasteiger partial charge in [0.25, 0.3) is 0 Å². The Bertz CT molecular complexity index is 953. The maximum atomic E-state index is 6.36. The van der Waals surface area contributed by atoms with Crippen molar-refractivity contribution in [2.45, 2.75) is 32.2 Å². The molecule has 1 aliphatic rings. The molecule has 0 N–H and O–H groups in total. The summed E-state index contributed by atoms with van der Waals surface area (Å²) < 4.78 is 0. The third-order valence-electron chi connectivity index (χ3n) is 5.30. The molecule has 0 spiro atoms. The predicted octanol–water partition coefficient (Wildman–Crippen LogP) is 6.27. The third-order valence-corrected chi connectivity index (χ3v) is 5.30. The molecule has 1 unspecified atom stereocenters. The van der Waals surface area contributed by atoms with Crippen LogP contribution < -0.4 is 5.06 Å². The molecule has 4 rings (SSSR count). The average Bonchev–Trinajstić information content (AvgIpc) is 2.99. The maximum Gasteiger partial charge on any atom is 0.132 e. The second-order valence-electron chi connectivity index (χ2n) is 7.23. The molecule has 3 aromatic rings. The Morgan fingerprint density at radius 1 is 0.857 bits per heavy atom. The molecule has 0 saturated carbocycles. The molecule has 0 aliphatic carbocycles. The largest absolute Gasteiger partial charge is 0.272 e. The van der Waals surface area contributed by atoms with E-state index in [4.69, 9.17) is 9.83 Å².